The SMILES string of the molecule is BC#N.O. The number of nitriles is 1. The number of rotatable bonds is 0. The highest BCUT2D eigenvalue weighted by molar-refractivity contribution is 6.20. The van der Waals surface area contributed by atoms with Gasteiger partial charge in [0.05, 0.1) is 0 Å². The number of hydrogen-bond acceptors (Lipinski definition) is 1. The van der Waals surface area contributed by atoms with E-state index >= 15 is 0 Å². The van der Waals surface area contributed by atoms with E-state index < -0.39 is 0 Å². The quantitative estimate of drug-likeness (QED) is 0.305. The van der Waals surface area contributed by atoms with Crippen molar-refractivity contribution in [2.75, 3.05) is 0 Å². The highest BCUT2D eigenvalue weighted by atomic mass is 16.0. The van der Waals surface area contributed by atoms with Crippen molar-refractivity contribution in [1.82, 2.24) is 0 Å². The Morgan fingerprint density at radius 3 is 1.75 bits per heavy atom. The fraction of sp³-hybridized carbons (Fsp3) is 0. The van der Waals surface area contributed by atoms with E-state index in [2.05, 4.69) is 0 Å². The first kappa shape index (κ1) is 9.69. The lowest BCUT2D eigenvalue weighted by Crippen LogP contribution is -1.32. The van der Waals surface area contributed by atoms with Crippen LogP contribution < -0.4 is 0 Å². The Morgan fingerprint density at radius 1 is 1.75 bits per heavy atom. The van der Waals surface area contributed by atoms with Crippen LogP contribution in [0.1, 0.15) is 0 Å². The first-order valence-corrected chi connectivity index (χ1v) is 0.724. The Kier molecular flexibility index (Phi) is 52.7. The highest BCUT2D eigenvalue weighted by Crippen LogP contribution is 1.04. The minimum atomic E-state index is 0. The summed E-state index contributed by atoms with van der Waals surface area (Å²) in [6, 6.07) is 0. The molecule has 0 saturated carbocycles. The zero-order valence-electron chi connectivity index (χ0n) is 2.45. The van der Waals surface area contributed by atoms with Crippen molar-refractivity contribution < 1.29 is 5.48 Å². The molecule has 0 aliphatic heterocycles. The molecule has 0 saturated heterocycles. The minimum absolute atomic E-state index is 0. The van der Waals surface area contributed by atoms with E-state index in [1.165, 1.54) is 7.85 Å². The normalized spacial score (nSPS) is 1.75. The van der Waals surface area contributed by atoms with Gasteiger partial charge in [-0.25, -0.2) is 5.26 Å². The molecule has 0 bridgehead atoms. The average Bonchev–Trinajstić information content (AvgIpc) is 0.918. The Hall–Kier alpha value is -0.485. The van der Waals surface area contributed by atoms with E-state index in [0.717, 1.165) is 0 Å². The summed E-state index contributed by atoms with van der Waals surface area (Å²) in [5, 5.41) is 7.32. The van der Waals surface area contributed by atoms with Crippen LogP contribution in [0.25, 0.3) is 0 Å². The fourth-order valence-corrected chi connectivity index (χ4v) is 0. The molecule has 0 radical (unpaired) electrons. The summed E-state index contributed by atoms with van der Waals surface area (Å²) >= 11 is 0. The molecular formula is CH4BNO. The molecule has 2 nitrogen and oxygen atoms in total. The van der Waals surface area contributed by atoms with Crippen molar-refractivity contribution in [2.24, 2.45) is 0 Å². The molecule has 0 unspecified atom stereocenters. The molecule has 0 aromatic heterocycles. The molecule has 0 aromatic rings. The van der Waals surface area contributed by atoms with Crippen LogP contribution in [0.15, 0.2) is 0 Å². The predicted octanol–water partition coefficient (Wildman–Crippen LogP) is -1.72. The largest absolute Gasteiger partial charge is 0.412 e. The summed E-state index contributed by atoms with van der Waals surface area (Å²) in [5.41, 5.74) is 0. The van der Waals surface area contributed by atoms with Gasteiger partial charge in [-0.3, -0.25) is 0 Å². The van der Waals surface area contributed by atoms with E-state index in [-0.39, 0.29) is 5.48 Å². The smallest absolute Gasteiger partial charge is 0.232 e. The van der Waals surface area contributed by atoms with Crippen LogP contribution in [-0.4, -0.2) is 13.3 Å². The van der Waals surface area contributed by atoms with Crippen molar-refractivity contribution in [1.29, 1.82) is 5.26 Å². The van der Waals surface area contributed by atoms with Crippen LogP contribution in [0, 0.1) is 11.2 Å². The monoisotopic (exact) mass is 57.0 g/mol. The van der Waals surface area contributed by atoms with Crippen LogP contribution in [0.4, 0.5) is 0 Å². The topological polar surface area (TPSA) is 55.3 Å². The maximum atomic E-state index is 7.32. The van der Waals surface area contributed by atoms with E-state index in [0.29, 0.717) is 0 Å². The van der Waals surface area contributed by atoms with Gasteiger partial charge >= 0.3 is 0 Å². The van der Waals surface area contributed by atoms with Gasteiger partial charge in [0.1, 0.15) is 0 Å². The standard InChI is InChI=1S/CH2BN.H2O/c2-1-3;/h2H2;1H2. The summed E-state index contributed by atoms with van der Waals surface area (Å²) in [4.78, 5) is 0. The Labute approximate surface area is 25.8 Å². The first-order valence-electron chi connectivity index (χ1n) is 0.724. The van der Waals surface area contributed by atoms with E-state index in [1.54, 1.807) is 5.97 Å². The maximum Gasteiger partial charge on any atom is 0.232 e. The summed E-state index contributed by atoms with van der Waals surface area (Å²) in [6.07, 6.45) is 0. The molecule has 0 atom stereocenters. The second-order valence-electron chi connectivity index (χ2n) is 0.224. The van der Waals surface area contributed by atoms with Gasteiger partial charge < -0.3 is 5.48 Å². The first-order chi connectivity index (χ1) is 1.41. The van der Waals surface area contributed by atoms with Crippen molar-refractivity contribution >= 4 is 7.85 Å². The Bertz CT molecular complexity index is 29.5. The molecule has 0 aliphatic carbocycles. The van der Waals surface area contributed by atoms with Gasteiger partial charge in [-0.05, 0) is 5.97 Å². The third-order valence-electron chi connectivity index (χ3n) is 0. The highest BCUT2D eigenvalue weighted by Gasteiger charge is 1.23. The molecule has 0 aliphatic rings. The summed E-state index contributed by atoms with van der Waals surface area (Å²) in [7, 11) is 1.43. The lowest BCUT2D eigenvalue weighted by Gasteiger charge is -1.12. The molecular weight excluding hydrogens is 52.8 g/mol. The second-order valence-corrected chi connectivity index (χ2v) is 0.224. The van der Waals surface area contributed by atoms with Crippen molar-refractivity contribution in [3.05, 3.63) is 0 Å². The van der Waals surface area contributed by atoms with Crippen LogP contribution in [-0.2, 0) is 0 Å². The molecule has 0 amide bonds. The van der Waals surface area contributed by atoms with Gasteiger partial charge in [0.15, 0.2) is 0 Å². The van der Waals surface area contributed by atoms with Gasteiger partial charge in [0.25, 0.3) is 0 Å². The molecule has 0 aromatic carbocycles. The van der Waals surface area contributed by atoms with Crippen molar-refractivity contribution in [2.45, 2.75) is 0 Å². The van der Waals surface area contributed by atoms with Crippen LogP contribution >= 0.6 is 0 Å². The third-order valence-corrected chi connectivity index (χ3v) is 0. The molecule has 0 fully saturated rings. The second kappa shape index (κ2) is 21.8. The summed E-state index contributed by atoms with van der Waals surface area (Å²) < 4.78 is 0. The van der Waals surface area contributed by atoms with Gasteiger partial charge in [-0.2, -0.15) is 0 Å². The Balaban J connectivity index is 0. The molecule has 2 N–H and O–H groups in total. The van der Waals surface area contributed by atoms with Crippen LogP contribution in [0.2, 0.25) is 0 Å². The minimum Gasteiger partial charge on any atom is -0.412 e. The van der Waals surface area contributed by atoms with Crippen LogP contribution in [0.3, 0.4) is 0 Å². The van der Waals surface area contributed by atoms with E-state index in [9.17, 15) is 0 Å². The van der Waals surface area contributed by atoms with Gasteiger partial charge in [0, 0.05) is 0 Å². The molecule has 4 heavy (non-hydrogen) atoms. The summed E-state index contributed by atoms with van der Waals surface area (Å²) in [6.45, 7) is 0. The molecule has 0 heterocycles. The predicted molar refractivity (Wildman–Crippen MR) is 17.8 cm³/mol. The lowest BCUT2D eigenvalue weighted by molar-refractivity contribution is 0.824. The molecule has 3 heteroatoms. The third kappa shape index (κ3) is 1.71. The van der Waals surface area contributed by atoms with Crippen molar-refractivity contribution in [3.8, 4) is 5.97 Å². The molecule has 22 valence electrons. The zero-order chi connectivity index (χ0) is 2.71. The van der Waals surface area contributed by atoms with Gasteiger partial charge in [0.2, 0.25) is 7.85 Å². The van der Waals surface area contributed by atoms with Gasteiger partial charge in [-0.1, -0.05) is 0 Å². The zero-order valence-corrected chi connectivity index (χ0v) is 2.45. The fourth-order valence-electron chi connectivity index (χ4n) is 0. The van der Waals surface area contributed by atoms with E-state index in [1.807, 2.05) is 0 Å². The molecule has 0 rings (SSSR count). The van der Waals surface area contributed by atoms with Crippen molar-refractivity contribution in [3.63, 3.8) is 0 Å². The number of nitrogens with zero attached hydrogens (tertiary/aromatic N) is 1. The van der Waals surface area contributed by atoms with Crippen LogP contribution in [0.5, 0.6) is 0 Å². The number of hydrogen-bond donors (Lipinski definition) is 0. The molecule has 0 spiro atoms. The average molecular weight is 56.9 g/mol. The summed E-state index contributed by atoms with van der Waals surface area (Å²) in [5.74, 6) is 1.75. The lowest BCUT2D eigenvalue weighted by atomic mass is 10.2. The van der Waals surface area contributed by atoms with E-state index in [4.69, 9.17) is 5.26 Å². The Morgan fingerprint density at radius 2 is 1.75 bits per heavy atom. The van der Waals surface area contributed by atoms with Gasteiger partial charge in [-0.15, -0.1) is 0 Å². The maximum absolute atomic E-state index is 7.32.